The van der Waals surface area contributed by atoms with E-state index in [-0.39, 0.29) is 5.41 Å². The fraction of sp³-hybridized carbons (Fsp3) is 0.111. The molecule has 0 unspecified atom stereocenters. The molecule has 0 spiro atoms. The average Bonchev–Trinajstić information content (AvgIpc) is 3.48. The van der Waals surface area contributed by atoms with E-state index in [1.54, 1.807) is 0 Å². The zero-order chi connectivity index (χ0) is 39.2. The highest BCUT2D eigenvalue weighted by molar-refractivity contribution is 7.19. The summed E-state index contributed by atoms with van der Waals surface area (Å²) < 4.78 is 0. The summed E-state index contributed by atoms with van der Waals surface area (Å²) in [6.07, 6.45) is 0. The Morgan fingerprint density at radius 1 is 0.351 bits per heavy atom. The maximum Gasteiger partial charge on any atom is 0.179 e. The third-order valence-electron chi connectivity index (χ3n) is 12.2. The number of fused-ring (bicyclic) bond motifs is 3. The smallest absolute Gasteiger partial charge is 0.179 e. The Morgan fingerprint density at radius 3 is 1.25 bits per heavy atom. The maximum absolute atomic E-state index is 2.58. The first kappa shape index (κ1) is 36.6. The van der Waals surface area contributed by atoms with Crippen molar-refractivity contribution in [1.29, 1.82) is 0 Å². The SMILES string of the molecule is CC1(C)c2ccccc2-c2ccc(N(c3ccc(-c4ccc([Si](c5ccccc5)(c5ccccc5)c5ccccc5)cc4)cc3)c3ccc([Si](C)(C)C)cc3)cc21. The van der Waals surface area contributed by atoms with Crippen LogP contribution in [0.4, 0.5) is 17.1 Å². The number of anilines is 3. The van der Waals surface area contributed by atoms with Crippen molar-refractivity contribution in [3.63, 3.8) is 0 Å². The Bertz CT molecular complexity index is 2550. The molecule has 0 radical (unpaired) electrons. The van der Waals surface area contributed by atoms with Gasteiger partial charge in [-0.05, 0) is 90.5 Å². The molecule has 1 nitrogen and oxygen atoms in total. The lowest BCUT2D eigenvalue weighted by Gasteiger charge is -2.34. The molecule has 0 aliphatic heterocycles. The van der Waals surface area contributed by atoms with Crippen LogP contribution in [0.1, 0.15) is 25.0 Å². The third-order valence-corrected chi connectivity index (χ3v) is 19.1. The van der Waals surface area contributed by atoms with E-state index in [2.05, 4.69) is 245 Å². The first-order valence-electron chi connectivity index (χ1n) is 20.2. The van der Waals surface area contributed by atoms with Crippen molar-refractivity contribution in [2.45, 2.75) is 38.9 Å². The summed E-state index contributed by atoms with van der Waals surface area (Å²) in [5, 5.41) is 7.00. The van der Waals surface area contributed by atoms with Gasteiger partial charge in [-0.2, -0.15) is 0 Å². The van der Waals surface area contributed by atoms with E-state index in [1.165, 1.54) is 70.7 Å². The highest BCUT2D eigenvalue weighted by Crippen LogP contribution is 2.50. The molecule has 0 heterocycles. The Balaban J connectivity index is 1.11. The minimum absolute atomic E-state index is 0.0761. The van der Waals surface area contributed by atoms with Gasteiger partial charge >= 0.3 is 0 Å². The van der Waals surface area contributed by atoms with Crippen molar-refractivity contribution in [2.75, 3.05) is 4.90 Å². The molecule has 3 heteroatoms. The van der Waals surface area contributed by atoms with E-state index in [4.69, 9.17) is 0 Å². The standard InChI is InChI=1S/C54H49NSi2/c1-54(2)52-24-16-15-23-50(52)51-38-33-44(39-53(51)54)55(43-31-36-45(37-32-43)56(3,4)5)42-29-25-40(26-30-42)41-27-34-49(35-28-41)57(46-17-9-6-10-18-46,47-19-11-7-12-20-47)48-21-13-8-14-22-48/h6-39H,1-5H3. The van der Waals surface area contributed by atoms with Gasteiger partial charge in [0.2, 0.25) is 0 Å². The Hall–Kier alpha value is -6.01. The van der Waals surface area contributed by atoms with Gasteiger partial charge in [0.1, 0.15) is 0 Å². The van der Waals surface area contributed by atoms with Gasteiger partial charge in [0.05, 0.1) is 8.07 Å². The molecule has 8 aromatic rings. The Labute approximate surface area is 341 Å². The van der Waals surface area contributed by atoms with Crippen molar-refractivity contribution in [3.05, 3.63) is 217 Å². The minimum Gasteiger partial charge on any atom is -0.310 e. The van der Waals surface area contributed by atoms with Crippen molar-refractivity contribution in [3.8, 4) is 22.3 Å². The number of hydrogen-bond acceptors (Lipinski definition) is 1. The van der Waals surface area contributed by atoms with Crippen LogP contribution in [0, 0.1) is 0 Å². The molecular weight excluding hydrogens is 719 g/mol. The molecular formula is C54H49NSi2. The van der Waals surface area contributed by atoms with Crippen LogP contribution in [0.2, 0.25) is 19.6 Å². The van der Waals surface area contributed by atoms with E-state index < -0.39 is 16.1 Å². The van der Waals surface area contributed by atoms with Crippen molar-refractivity contribution >= 4 is 59.1 Å². The van der Waals surface area contributed by atoms with Gasteiger partial charge in [0.15, 0.2) is 8.07 Å². The van der Waals surface area contributed by atoms with Gasteiger partial charge in [-0.1, -0.05) is 209 Å². The van der Waals surface area contributed by atoms with Gasteiger partial charge in [0.25, 0.3) is 0 Å². The molecule has 1 aliphatic rings. The van der Waals surface area contributed by atoms with Crippen LogP contribution in [-0.2, 0) is 5.41 Å². The van der Waals surface area contributed by atoms with Crippen LogP contribution in [0.15, 0.2) is 206 Å². The zero-order valence-electron chi connectivity index (χ0n) is 33.6. The molecule has 0 amide bonds. The molecule has 0 bridgehead atoms. The molecule has 0 fully saturated rings. The molecule has 0 atom stereocenters. The van der Waals surface area contributed by atoms with Crippen molar-refractivity contribution in [2.24, 2.45) is 0 Å². The molecule has 57 heavy (non-hydrogen) atoms. The van der Waals surface area contributed by atoms with Gasteiger partial charge in [-0.15, -0.1) is 0 Å². The quantitative estimate of drug-likeness (QED) is 0.104. The summed E-state index contributed by atoms with van der Waals surface area (Å²) in [5.41, 5.74) is 11.3. The number of nitrogens with zero attached hydrogens (tertiary/aromatic N) is 1. The highest BCUT2D eigenvalue weighted by Gasteiger charge is 2.41. The van der Waals surface area contributed by atoms with Crippen LogP contribution < -0.4 is 30.8 Å². The summed E-state index contributed by atoms with van der Waals surface area (Å²) in [7, 11) is -4.04. The first-order chi connectivity index (χ1) is 27.7. The molecule has 278 valence electrons. The summed E-state index contributed by atoms with van der Waals surface area (Å²) in [5.74, 6) is 0. The van der Waals surface area contributed by atoms with E-state index in [1.807, 2.05) is 0 Å². The molecule has 9 rings (SSSR count). The lowest BCUT2D eigenvalue weighted by Crippen LogP contribution is -2.74. The maximum atomic E-state index is 2.43. The monoisotopic (exact) mass is 767 g/mol. The first-order valence-corrected chi connectivity index (χ1v) is 25.7. The van der Waals surface area contributed by atoms with Gasteiger partial charge in [0, 0.05) is 22.5 Å². The summed E-state index contributed by atoms with van der Waals surface area (Å²) >= 11 is 0. The molecule has 0 saturated heterocycles. The topological polar surface area (TPSA) is 3.24 Å². The fourth-order valence-electron chi connectivity index (χ4n) is 9.17. The van der Waals surface area contributed by atoms with Crippen molar-refractivity contribution < 1.29 is 0 Å². The van der Waals surface area contributed by atoms with Gasteiger partial charge in [-0.3, -0.25) is 0 Å². The second-order valence-electron chi connectivity index (χ2n) is 17.0. The number of benzene rings is 8. The van der Waals surface area contributed by atoms with Gasteiger partial charge < -0.3 is 4.90 Å². The molecule has 8 aromatic carbocycles. The largest absolute Gasteiger partial charge is 0.310 e. The number of rotatable bonds is 9. The Morgan fingerprint density at radius 2 is 0.737 bits per heavy atom. The van der Waals surface area contributed by atoms with Crippen LogP contribution in [0.5, 0.6) is 0 Å². The Kier molecular flexibility index (Phi) is 9.31. The van der Waals surface area contributed by atoms with Crippen molar-refractivity contribution in [1.82, 2.24) is 0 Å². The molecule has 0 saturated carbocycles. The summed E-state index contributed by atoms with van der Waals surface area (Å²) in [4.78, 5) is 2.43. The second-order valence-corrected chi connectivity index (χ2v) is 25.9. The highest BCUT2D eigenvalue weighted by atomic mass is 28.3. The summed E-state index contributed by atoms with van der Waals surface area (Å²) in [6, 6.07) is 77.3. The van der Waals surface area contributed by atoms with E-state index in [0.717, 1.165) is 5.69 Å². The lowest BCUT2D eigenvalue weighted by atomic mass is 9.82. The van der Waals surface area contributed by atoms with Crippen LogP contribution in [0.25, 0.3) is 22.3 Å². The third kappa shape index (κ3) is 6.41. The molecule has 0 N–H and O–H groups in total. The van der Waals surface area contributed by atoms with E-state index >= 15 is 0 Å². The minimum atomic E-state index is -2.58. The second kappa shape index (κ2) is 14.5. The lowest BCUT2D eigenvalue weighted by molar-refractivity contribution is 0.660. The zero-order valence-corrected chi connectivity index (χ0v) is 35.6. The molecule has 1 aliphatic carbocycles. The van der Waals surface area contributed by atoms with Crippen LogP contribution >= 0.6 is 0 Å². The fourth-order valence-corrected chi connectivity index (χ4v) is 15.1. The summed E-state index contributed by atoms with van der Waals surface area (Å²) in [6.45, 7) is 12.0. The van der Waals surface area contributed by atoms with Crippen LogP contribution in [0.3, 0.4) is 0 Å². The predicted molar refractivity (Wildman–Crippen MR) is 251 cm³/mol. The molecule has 0 aromatic heterocycles. The normalized spacial score (nSPS) is 13.1. The van der Waals surface area contributed by atoms with E-state index in [9.17, 15) is 0 Å². The number of hydrogen-bond donors (Lipinski definition) is 0. The average molecular weight is 768 g/mol. The van der Waals surface area contributed by atoms with Crippen LogP contribution in [-0.4, -0.2) is 16.1 Å². The van der Waals surface area contributed by atoms with Gasteiger partial charge in [-0.25, -0.2) is 0 Å². The van der Waals surface area contributed by atoms with E-state index in [0.29, 0.717) is 0 Å². The predicted octanol–water partition coefficient (Wildman–Crippen LogP) is 11.1.